The summed E-state index contributed by atoms with van der Waals surface area (Å²) in [6, 6.07) is 10.8. The first-order valence-corrected chi connectivity index (χ1v) is 8.01. The van der Waals surface area contributed by atoms with Gasteiger partial charge in [-0.15, -0.1) is 0 Å². The van der Waals surface area contributed by atoms with Crippen LogP contribution in [-0.4, -0.2) is 8.42 Å². The van der Waals surface area contributed by atoms with Crippen LogP contribution in [0.25, 0.3) is 0 Å². The minimum absolute atomic E-state index is 0.154. The third-order valence-corrected chi connectivity index (χ3v) is 3.58. The van der Waals surface area contributed by atoms with E-state index in [2.05, 4.69) is 21.2 Å². The lowest BCUT2D eigenvalue weighted by molar-refractivity contribution is 0.495. The number of nitrogens with one attached hydrogen (secondary N) is 1. The van der Waals surface area contributed by atoms with Gasteiger partial charge in [0.05, 0.1) is 12.3 Å². The van der Waals surface area contributed by atoms with Crippen molar-refractivity contribution in [3.63, 3.8) is 0 Å². The van der Waals surface area contributed by atoms with Gasteiger partial charge >= 0.3 is 0 Å². The Morgan fingerprint density at radius 2 is 1.84 bits per heavy atom. The van der Waals surface area contributed by atoms with Gasteiger partial charge in [-0.05, 0) is 45.8 Å². The molecular formula is C12H13BrN2O3S. The molecule has 0 unspecified atom stereocenters. The van der Waals surface area contributed by atoms with Crippen LogP contribution in [0.5, 0.6) is 0 Å². The lowest BCUT2D eigenvalue weighted by Crippen LogP contribution is -2.14. The molecule has 5 nitrogen and oxygen atoms in total. The SMILES string of the molecule is NS(=O)(=O)Cc1ccc(NCc2ccc(Br)o2)cc1. The summed E-state index contributed by atoms with van der Waals surface area (Å²) in [6.45, 7) is 0.556. The van der Waals surface area contributed by atoms with Crippen molar-refractivity contribution in [2.24, 2.45) is 5.14 Å². The third kappa shape index (κ3) is 4.70. The molecule has 0 fully saturated rings. The Hall–Kier alpha value is -1.31. The van der Waals surface area contributed by atoms with Crippen LogP contribution in [0.3, 0.4) is 0 Å². The maximum absolute atomic E-state index is 10.9. The van der Waals surface area contributed by atoms with E-state index in [1.165, 1.54) is 0 Å². The van der Waals surface area contributed by atoms with Crippen molar-refractivity contribution >= 4 is 31.6 Å². The van der Waals surface area contributed by atoms with Gasteiger partial charge in [-0.3, -0.25) is 0 Å². The Balaban J connectivity index is 1.95. The second kappa shape index (κ2) is 5.77. The van der Waals surface area contributed by atoms with E-state index in [-0.39, 0.29) is 5.75 Å². The third-order valence-electron chi connectivity index (χ3n) is 2.42. The van der Waals surface area contributed by atoms with Crippen molar-refractivity contribution in [2.45, 2.75) is 12.3 Å². The minimum atomic E-state index is -3.48. The highest BCUT2D eigenvalue weighted by Crippen LogP contribution is 2.16. The number of furan rings is 1. The minimum Gasteiger partial charge on any atom is -0.452 e. The normalized spacial score (nSPS) is 11.5. The van der Waals surface area contributed by atoms with Crippen LogP contribution < -0.4 is 10.5 Å². The Bertz CT molecular complexity index is 650. The van der Waals surface area contributed by atoms with E-state index in [1.807, 2.05) is 12.1 Å². The van der Waals surface area contributed by atoms with Gasteiger partial charge in [0.1, 0.15) is 5.76 Å². The first-order valence-electron chi connectivity index (χ1n) is 5.50. The van der Waals surface area contributed by atoms with E-state index >= 15 is 0 Å². The van der Waals surface area contributed by atoms with Crippen molar-refractivity contribution in [1.29, 1.82) is 0 Å². The highest BCUT2D eigenvalue weighted by molar-refractivity contribution is 9.10. The highest BCUT2D eigenvalue weighted by Gasteiger charge is 2.05. The Morgan fingerprint density at radius 3 is 2.37 bits per heavy atom. The Kier molecular flexibility index (Phi) is 4.28. The maximum atomic E-state index is 10.9. The number of hydrogen-bond acceptors (Lipinski definition) is 4. The Morgan fingerprint density at radius 1 is 1.16 bits per heavy atom. The molecule has 1 aromatic carbocycles. The zero-order chi connectivity index (χ0) is 13.9. The molecule has 7 heteroatoms. The van der Waals surface area contributed by atoms with Gasteiger partial charge in [-0.2, -0.15) is 0 Å². The summed E-state index contributed by atoms with van der Waals surface area (Å²) < 4.78 is 27.9. The van der Waals surface area contributed by atoms with Crippen LogP contribution in [0.1, 0.15) is 11.3 Å². The van der Waals surface area contributed by atoms with Crippen LogP contribution >= 0.6 is 15.9 Å². The summed E-state index contributed by atoms with van der Waals surface area (Å²) in [5.74, 6) is 0.652. The molecule has 0 aliphatic rings. The van der Waals surface area contributed by atoms with E-state index in [4.69, 9.17) is 9.56 Å². The smallest absolute Gasteiger partial charge is 0.213 e. The number of benzene rings is 1. The number of hydrogen-bond donors (Lipinski definition) is 2. The second-order valence-corrected chi connectivity index (χ2v) is 6.46. The molecule has 3 N–H and O–H groups in total. The van der Waals surface area contributed by atoms with Crippen molar-refractivity contribution in [1.82, 2.24) is 0 Å². The second-order valence-electron chi connectivity index (χ2n) is 4.06. The zero-order valence-corrected chi connectivity index (χ0v) is 12.4. The molecule has 2 rings (SSSR count). The molecule has 0 aliphatic carbocycles. The average molecular weight is 345 g/mol. The van der Waals surface area contributed by atoms with E-state index in [9.17, 15) is 8.42 Å². The molecule has 0 saturated carbocycles. The summed E-state index contributed by atoms with van der Waals surface area (Å²) in [6.07, 6.45) is 0. The van der Waals surface area contributed by atoms with Gasteiger partial charge < -0.3 is 9.73 Å². The molecule has 0 amide bonds. The van der Waals surface area contributed by atoms with Crippen LogP contribution in [0.4, 0.5) is 5.69 Å². The predicted molar refractivity (Wildman–Crippen MR) is 77.0 cm³/mol. The molecule has 19 heavy (non-hydrogen) atoms. The topological polar surface area (TPSA) is 85.3 Å². The molecule has 0 aliphatic heterocycles. The number of rotatable bonds is 5. The predicted octanol–water partition coefficient (Wildman–Crippen LogP) is 2.44. The fraction of sp³-hybridized carbons (Fsp3) is 0.167. The Labute approximate surface area is 120 Å². The summed E-state index contributed by atoms with van der Waals surface area (Å²) in [5, 5.41) is 8.15. The molecule has 1 aromatic heterocycles. The molecule has 1 heterocycles. The molecule has 2 aromatic rings. The highest BCUT2D eigenvalue weighted by atomic mass is 79.9. The van der Waals surface area contributed by atoms with Crippen molar-refractivity contribution in [3.8, 4) is 0 Å². The standard InChI is InChI=1S/C12H13BrN2O3S/c13-12-6-5-11(18-12)7-15-10-3-1-9(2-4-10)8-19(14,16)17/h1-6,15H,7-8H2,(H2,14,16,17). The number of anilines is 1. The molecule has 0 bridgehead atoms. The van der Waals surface area contributed by atoms with Gasteiger partial charge in [0.25, 0.3) is 0 Å². The number of primary sulfonamides is 1. The van der Waals surface area contributed by atoms with Gasteiger partial charge in [0, 0.05) is 5.69 Å². The van der Waals surface area contributed by atoms with E-state index in [1.54, 1.807) is 24.3 Å². The summed E-state index contributed by atoms with van der Waals surface area (Å²) in [5.41, 5.74) is 1.54. The van der Waals surface area contributed by atoms with E-state index in [0.717, 1.165) is 11.4 Å². The van der Waals surface area contributed by atoms with Gasteiger partial charge in [-0.25, -0.2) is 13.6 Å². The molecule has 0 radical (unpaired) electrons. The van der Waals surface area contributed by atoms with Crippen molar-refractivity contribution in [3.05, 3.63) is 52.4 Å². The quantitative estimate of drug-likeness (QED) is 0.872. The summed E-state index contributed by atoms with van der Waals surface area (Å²) in [7, 11) is -3.48. The van der Waals surface area contributed by atoms with Crippen molar-refractivity contribution < 1.29 is 12.8 Å². The summed E-state index contributed by atoms with van der Waals surface area (Å²) in [4.78, 5) is 0. The fourth-order valence-corrected chi connectivity index (χ4v) is 2.58. The number of sulfonamides is 1. The molecule has 102 valence electrons. The van der Waals surface area contributed by atoms with Crippen LogP contribution in [0, 0.1) is 0 Å². The monoisotopic (exact) mass is 344 g/mol. The molecule has 0 atom stereocenters. The lowest BCUT2D eigenvalue weighted by atomic mass is 10.2. The van der Waals surface area contributed by atoms with Gasteiger partial charge in [-0.1, -0.05) is 12.1 Å². The van der Waals surface area contributed by atoms with Gasteiger partial charge in [0.2, 0.25) is 10.0 Å². The number of nitrogens with two attached hydrogens (primary N) is 1. The maximum Gasteiger partial charge on any atom is 0.213 e. The molecular weight excluding hydrogens is 332 g/mol. The molecule has 0 spiro atoms. The van der Waals surface area contributed by atoms with E-state index in [0.29, 0.717) is 16.8 Å². The first kappa shape index (κ1) is 14.1. The summed E-state index contributed by atoms with van der Waals surface area (Å²) >= 11 is 3.23. The van der Waals surface area contributed by atoms with Crippen LogP contribution in [-0.2, 0) is 22.3 Å². The lowest BCUT2D eigenvalue weighted by Gasteiger charge is -2.05. The van der Waals surface area contributed by atoms with Crippen molar-refractivity contribution in [2.75, 3.05) is 5.32 Å². The molecule has 0 saturated heterocycles. The fourth-order valence-electron chi connectivity index (χ4n) is 1.59. The number of halogens is 1. The largest absolute Gasteiger partial charge is 0.452 e. The van der Waals surface area contributed by atoms with E-state index < -0.39 is 10.0 Å². The zero-order valence-electron chi connectivity index (χ0n) is 9.97. The average Bonchev–Trinajstić information content (AvgIpc) is 2.72. The van der Waals surface area contributed by atoms with Gasteiger partial charge in [0.15, 0.2) is 4.67 Å². The first-order chi connectivity index (χ1) is 8.92. The van der Waals surface area contributed by atoms with Crippen LogP contribution in [0.2, 0.25) is 0 Å². The van der Waals surface area contributed by atoms with Crippen LogP contribution in [0.15, 0.2) is 45.5 Å².